The molecule has 2 aromatic rings. The number of nitrogen functional groups attached to an aromatic ring is 1. The van der Waals surface area contributed by atoms with Crippen molar-refractivity contribution in [2.75, 3.05) is 5.73 Å². The summed E-state index contributed by atoms with van der Waals surface area (Å²) in [7, 11) is 0. The molecule has 0 radical (unpaired) electrons. The smallest absolute Gasteiger partial charge is 0.349 e. The highest BCUT2D eigenvalue weighted by Gasteiger charge is 2.22. The normalized spacial score (nSPS) is 10.1. The number of hydrogen-bond acceptors (Lipinski definition) is 8. The van der Waals surface area contributed by atoms with Gasteiger partial charge in [0.25, 0.3) is 5.69 Å². The number of aromatic nitrogens is 2. The minimum atomic E-state index is -0.750. The number of nitro benzene ring substituents is 1. The molecule has 1 aromatic carbocycles. The van der Waals surface area contributed by atoms with E-state index < -0.39 is 21.4 Å². The number of anilines is 1. The molecule has 0 bridgehead atoms. The molecule has 0 aliphatic carbocycles. The van der Waals surface area contributed by atoms with Crippen LogP contribution in [0.2, 0.25) is 0 Å². The van der Waals surface area contributed by atoms with Gasteiger partial charge in [-0.05, 0) is 22.0 Å². The summed E-state index contributed by atoms with van der Waals surface area (Å²) in [5, 5.41) is 21.7. The first-order chi connectivity index (χ1) is 9.90. The Morgan fingerprint density at radius 2 is 1.86 bits per heavy atom. The Labute approximate surface area is 125 Å². The van der Waals surface area contributed by atoms with Crippen LogP contribution >= 0.6 is 15.9 Å². The first kappa shape index (κ1) is 14.6. The lowest BCUT2D eigenvalue weighted by Crippen LogP contribution is -2.02. The molecule has 2 rings (SSSR count). The zero-order valence-corrected chi connectivity index (χ0v) is 11.7. The predicted molar refractivity (Wildman–Crippen MR) is 74.0 cm³/mol. The Balaban J connectivity index is 2.48. The van der Waals surface area contributed by atoms with Crippen LogP contribution in [0.15, 0.2) is 28.9 Å². The van der Waals surface area contributed by atoms with Crippen molar-refractivity contribution in [1.29, 1.82) is 0 Å². The monoisotopic (exact) mass is 355 g/mol. The van der Waals surface area contributed by atoms with E-state index in [0.29, 0.717) is 0 Å². The Morgan fingerprint density at radius 3 is 2.48 bits per heavy atom. The highest BCUT2D eigenvalue weighted by Crippen LogP contribution is 2.38. The third-order valence-electron chi connectivity index (χ3n) is 2.30. The van der Waals surface area contributed by atoms with Gasteiger partial charge in [0.05, 0.1) is 9.85 Å². The van der Waals surface area contributed by atoms with Gasteiger partial charge in [0.15, 0.2) is 5.75 Å². The number of rotatable bonds is 4. The van der Waals surface area contributed by atoms with Gasteiger partial charge in [0.1, 0.15) is 10.7 Å². The summed E-state index contributed by atoms with van der Waals surface area (Å²) in [6.45, 7) is 0. The standard InChI is InChI=1S/C10H6BrN5O5/c11-8-5(15(17)18)2-1-3-7(8)21-9-6(16(19)20)4-13-10(12)14-9/h1-4H,(H2,12,13,14). The molecule has 21 heavy (non-hydrogen) atoms. The van der Waals surface area contributed by atoms with Crippen LogP contribution in [0.1, 0.15) is 0 Å². The van der Waals surface area contributed by atoms with Gasteiger partial charge in [0.2, 0.25) is 5.95 Å². The zero-order valence-electron chi connectivity index (χ0n) is 10.1. The van der Waals surface area contributed by atoms with Crippen molar-refractivity contribution in [2.24, 2.45) is 0 Å². The van der Waals surface area contributed by atoms with Crippen molar-refractivity contribution >= 4 is 33.3 Å². The number of benzene rings is 1. The van der Waals surface area contributed by atoms with E-state index in [1.807, 2.05) is 0 Å². The highest BCUT2D eigenvalue weighted by molar-refractivity contribution is 9.10. The molecule has 10 nitrogen and oxygen atoms in total. The van der Waals surface area contributed by atoms with Crippen molar-refractivity contribution in [1.82, 2.24) is 9.97 Å². The second-order valence-electron chi connectivity index (χ2n) is 3.62. The average molecular weight is 356 g/mol. The molecule has 0 amide bonds. The van der Waals surface area contributed by atoms with Crippen molar-refractivity contribution in [3.63, 3.8) is 0 Å². The van der Waals surface area contributed by atoms with Gasteiger partial charge in [-0.3, -0.25) is 20.2 Å². The van der Waals surface area contributed by atoms with Crippen LogP contribution < -0.4 is 10.5 Å². The molecule has 0 aliphatic rings. The van der Waals surface area contributed by atoms with E-state index in [0.717, 1.165) is 6.20 Å². The zero-order chi connectivity index (χ0) is 15.6. The largest absolute Gasteiger partial charge is 0.432 e. The third kappa shape index (κ3) is 3.02. The molecule has 0 unspecified atom stereocenters. The summed E-state index contributed by atoms with van der Waals surface area (Å²) in [4.78, 5) is 27.4. The maximum atomic E-state index is 10.9. The van der Waals surface area contributed by atoms with Crippen molar-refractivity contribution < 1.29 is 14.6 Å². The number of nitro groups is 2. The molecule has 0 saturated heterocycles. The fourth-order valence-corrected chi connectivity index (χ4v) is 1.89. The number of ether oxygens (including phenoxy) is 1. The van der Waals surface area contributed by atoms with E-state index in [1.54, 1.807) is 0 Å². The lowest BCUT2D eigenvalue weighted by atomic mass is 10.3. The molecule has 108 valence electrons. The summed E-state index contributed by atoms with van der Waals surface area (Å²) in [5.74, 6) is -0.642. The van der Waals surface area contributed by atoms with E-state index >= 15 is 0 Å². The first-order valence-corrected chi connectivity index (χ1v) is 6.07. The number of halogens is 1. The van der Waals surface area contributed by atoms with E-state index in [9.17, 15) is 20.2 Å². The molecule has 0 spiro atoms. The Kier molecular flexibility index (Phi) is 3.93. The molecule has 0 saturated carbocycles. The van der Waals surface area contributed by atoms with Crippen LogP contribution in [0, 0.1) is 20.2 Å². The average Bonchev–Trinajstić information content (AvgIpc) is 2.40. The number of hydrogen-bond donors (Lipinski definition) is 1. The molecular weight excluding hydrogens is 350 g/mol. The van der Waals surface area contributed by atoms with Crippen LogP contribution in [0.3, 0.4) is 0 Å². The van der Waals surface area contributed by atoms with Crippen LogP contribution in [0.5, 0.6) is 11.6 Å². The van der Waals surface area contributed by atoms with Crippen molar-refractivity contribution in [2.45, 2.75) is 0 Å². The fourth-order valence-electron chi connectivity index (χ4n) is 1.40. The second-order valence-corrected chi connectivity index (χ2v) is 4.42. The maximum Gasteiger partial charge on any atom is 0.349 e. The van der Waals surface area contributed by atoms with Gasteiger partial charge < -0.3 is 10.5 Å². The van der Waals surface area contributed by atoms with Crippen LogP contribution in [-0.4, -0.2) is 19.8 Å². The van der Waals surface area contributed by atoms with Gasteiger partial charge in [-0.2, -0.15) is 4.98 Å². The predicted octanol–water partition coefficient (Wildman–Crippen LogP) is 2.43. The Morgan fingerprint density at radius 1 is 1.19 bits per heavy atom. The van der Waals surface area contributed by atoms with E-state index in [2.05, 4.69) is 25.9 Å². The van der Waals surface area contributed by atoms with Gasteiger partial charge in [0, 0.05) is 6.07 Å². The molecule has 0 fully saturated rings. The quantitative estimate of drug-likeness (QED) is 0.649. The summed E-state index contributed by atoms with van der Waals surface area (Å²) < 4.78 is 5.28. The first-order valence-electron chi connectivity index (χ1n) is 5.28. The van der Waals surface area contributed by atoms with Crippen LogP contribution in [0.4, 0.5) is 17.3 Å². The van der Waals surface area contributed by atoms with Crippen molar-refractivity contribution in [3.8, 4) is 11.6 Å². The summed E-state index contributed by atoms with van der Waals surface area (Å²) >= 11 is 3.01. The minimum Gasteiger partial charge on any atom is -0.432 e. The Bertz CT molecular complexity index is 738. The summed E-state index contributed by atoms with van der Waals surface area (Å²) in [5.41, 5.74) is 4.59. The maximum absolute atomic E-state index is 10.9. The third-order valence-corrected chi connectivity index (χ3v) is 3.09. The van der Waals surface area contributed by atoms with Gasteiger partial charge >= 0.3 is 11.6 Å². The van der Waals surface area contributed by atoms with Crippen LogP contribution in [-0.2, 0) is 0 Å². The molecule has 0 atom stereocenters. The topological polar surface area (TPSA) is 147 Å². The van der Waals surface area contributed by atoms with Gasteiger partial charge in [-0.1, -0.05) is 6.07 Å². The summed E-state index contributed by atoms with van der Waals surface area (Å²) in [6.07, 6.45) is 0.892. The second kappa shape index (κ2) is 5.66. The SMILES string of the molecule is Nc1ncc([N+](=O)[O-])c(Oc2cccc([N+](=O)[O-])c2Br)n1. The molecule has 1 heterocycles. The lowest BCUT2D eigenvalue weighted by Gasteiger charge is -2.07. The van der Waals surface area contributed by atoms with E-state index in [1.165, 1.54) is 18.2 Å². The number of nitrogens with two attached hydrogens (primary N) is 1. The fraction of sp³-hybridized carbons (Fsp3) is 0. The number of nitrogens with zero attached hydrogens (tertiary/aromatic N) is 4. The van der Waals surface area contributed by atoms with Gasteiger partial charge in [-0.25, -0.2) is 4.98 Å². The molecule has 1 aromatic heterocycles. The summed E-state index contributed by atoms with van der Waals surface area (Å²) in [6, 6.07) is 4.01. The molecule has 0 aliphatic heterocycles. The van der Waals surface area contributed by atoms with Crippen molar-refractivity contribution in [3.05, 3.63) is 49.1 Å². The Hall–Kier alpha value is -2.82. The molecule has 11 heteroatoms. The lowest BCUT2D eigenvalue weighted by molar-refractivity contribution is -0.386. The molecular formula is C10H6BrN5O5. The molecule has 2 N–H and O–H groups in total. The highest BCUT2D eigenvalue weighted by atomic mass is 79.9. The van der Waals surface area contributed by atoms with E-state index in [-0.39, 0.29) is 21.9 Å². The van der Waals surface area contributed by atoms with Crippen LogP contribution in [0.25, 0.3) is 0 Å². The minimum absolute atomic E-state index is 0.00889. The van der Waals surface area contributed by atoms with Gasteiger partial charge in [-0.15, -0.1) is 0 Å². The van der Waals surface area contributed by atoms with E-state index in [4.69, 9.17) is 10.5 Å².